The van der Waals surface area contributed by atoms with Crippen molar-refractivity contribution in [2.45, 2.75) is 25.7 Å². The first-order valence-electron chi connectivity index (χ1n) is 10.5. The molecule has 157 valence electrons. The number of anilines is 1. The minimum Gasteiger partial charge on any atom is -0.467 e. The van der Waals surface area contributed by atoms with Gasteiger partial charge in [-0.25, -0.2) is 4.68 Å². The van der Waals surface area contributed by atoms with Crippen LogP contribution in [-0.2, 0) is 4.74 Å². The molecule has 0 saturated carbocycles. The fraction of sp³-hybridized carbons (Fsp3) is 0.455. The normalized spacial score (nSPS) is 18.1. The highest BCUT2D eigenvalue weighted by atomic mass is 16.5. The number of aromatic nitrogens is 4. The number of morpholine rings is 1. The number of aryl methyl sites for hydroxylation is 1. The summed E-state index contributed by atoms with van der Waals surface area (Å²) in [5.74, 6) is 2.10. The van der Waals surface area contributed by atoms with Crippen LogP contribution in [0.4, 0.5) is 5.82 Å². The van der Waals surface area contributed by atoms with Crippen molar-refractivity contribution in [2.75, 3.05) is 44.8 Å². The largest absolute Gasteiger partial charge is 0.467 e. The minimum atomic E-state index is 0.336. The Balaban J connectivity index is 1.58. The highest BCUT2D eigenvalue weighted by Gasteiger charge is 2.21. The molecule has 8 nitrogen and oxygen atoms in total. The highest BCUT2D eigenvalue weighted by molar-refractivity contribution is 5.82. The summed E-state index contributed by atoms with van der Waals surface area (Å²) in [6.45, 7) is 8.25. The van der Waals surface area contributed by atoms with Crippen LogP contribution in [0, 0.1) is 13.5 Å². The molecule has 3 aromatic rings. The topological polar surface area (TPSA) is 77.3 Å². The first kappa shape index (κ1) is 19.3. The SMILES string of the molecule is COc1nc(N2C[CH]OCC2)cc(-n2ncc3cc(C)c(C4CCNCC4)cc32)n1. The van der Waals surface area contributed by atoms with Gasteiger partial charge in [0.2, 0.25) is 0 Å². The molecule has 0 bridgehead atoms. The van der Waals surface area contributed by atoms with Crippen molar-refractivity contribution in [3.63, 3.8) is 0 Å². The summed E-state index contributed by atoms with van der Waals surface area (Å²) in [6, 6.07) is 6.85. The van der Waals surface area contributed by atoms with Gasteiger partial charge < -0.3 is 19.7 Å². The van der Waals surface area contributed by atoms with Gasteiger partial charge in [-0.2, -0.15) is 15.1 Å². The second kappa shape index (κ2) is 8.20. The van der Waals surface area contributed by atoms with E-state index in [1.807, 2.05) is 16.9 Å². The van der Waals surface area contributed by atoms with Gasteiger partial charge >= 0.3 is 6.01 Å². The Hall–Kier alpha value is -2.71. The molecule has 2 aliphatic heterocycles. The Kier molecular flexibility index (Phi) is 5.26. The third kappa shape index (κ3) is 3.61. The summed E-state index contributed by atoms with van der Waals surface area (Å²) >= 11 is 0. The maximum absolute atomic E-state index is 5.40. The summed E-state index contributed by atoms with van der Waals surface area (Å²) < 4.78 is 12.7. The lowest BCUT2D eigenvalue weighted by Crippen LogP contribution is -2.34. The predicted molar refractivity (Wildman–Crippen MR) is 115 cm³/mol. The van der Waals surface area contributed by atoms with E-state index in [1.165, 1.54) is 24.0 Å². The van der Waals surface area contributed by atoms with Crippen molar-refractivity contribution in [2.24, 2.45) is 0 Å². The first-order chi connectivity index (χ1) is 14.7. The van der Waals surface area contributed by atoms with E-state index < -0.39 is 0 Å². The zero-order valence-electron chi connectivity index (χ0n) is 17.5. The third-order valence-corrected chi connectivity index (χ3v) is 6.03. The highest BCUT2D eigenvalue weighted by Crippen LogP contribution is 2.32. The van der Waals surface area contributed by atoms with Crippen LogP contribution in [0.25, 0.3) is 16.7 Å². The van der Waals surface area contributed by atoms with Gasteiger partial charge in [-0.3, -0.25) is 0 Å². The molecule has 0 spiro atoms. The third-order valence-electron chi connectivity index (χ3n) is 6.03. The van der Waals surface area contributed by atoms with Crippen LogP contribution < -0.4 is 15.0 Å². The number of hydrogen-bond acceptors (Lipinski definition) is 7. The van der Waals surface area contributed by atoms with Gasteiger partial charge in [0.15, 0.2) is 5.82 Å². The van der Waals surface area contributed by atoms with Crippen molar-refractivity contribution in [1.29, 1.82) is 0 Å². The Morgan fingerprint density at radius 2 is 1.97 bits per heavy atom. The van der Waals surface area contributed by atoms with Crippen LogP contribution >= 0.6 is 0 Å². The number of methoxy groups -OCH3 is 1. The van der Waals surface area contributed by atoms with E-state index in [1.54, 1.807) is 13.7 Å². The molecular formula is C22H27N6O2. The van der Waals surface area contributed by atoms with Gasteiger partial charge in [0.1, 0.15) is 12.4 Å². The molecule has 0 amide bonds. The van der Waals surface area contributed by atoms with Crippen molar-refractivity contribution >= 4 is 16.7 Å². The lowest BCUT2D eigenvalue weighted by molar-refractivity contribution is 0.181. The molecule has 0 atom stereocenters. The van der Waals surface area contributed by atoms with Gasteiger partial charge in [0.25, 0.3) is 0 Å². The number of nitrogens with zero attached hydrogens (tertiary/aromatic N) is 5. The van der Waals surface area contributed by atoms with Crippen molar-refractivity contribution in [3.8, 4) is 11.8 Å². The maximum Gasteiger partial charge on any atom is 0.320 e. The van der Waals surface area contributed by atoms with Crippen molar-refractivity contribution in [3.05, 3.63) is 42.1 Å². The van der Waals surface area contributed by atoms with E-state index in [4.69, 9.17) is 9.47 Å². The zero-order chi connectivity index (χ0) is 20.5. The summed E-state index contributed by atoms with van der Waals surface area (Å²) in [5, 5.41) is 9.24. The number of nitrogens with one attached hydrogen (secondary N) is 1. The van der Waals surface area contributed by atoms with Crippen molar-refractivity contribution < 1.29 is 9.47 Å². The fourth-order valence-corrected chi connectivity index (χ4v) is 4.41. The van der Waals surface area contributed by atoms with Crippen LogP contribution in [0.2, 0.25) is 0 Å². The summed E-state index contributed by atoms with van der Waals surface area (Å²) in [6.07, 6.45) is 4.24. The molecule has 8 heteroatoms. The van der Waals surface area contributed by atoms with E-state index >= 15 is 0 Å². The second-order valence-electron chi connectivity index (χ2n) is 7.90. The molecular weight excluding hydrogens is 380 g/mol. The molecule has 0 aliphatic carbocycles. The molecule has 0 unspecified atom stereocenters. The van der Waals surface area contributed by atoms with Gasteiger partial charge in [-0.15, -0.1) is 0 Å². The average molecular weight is 407 g/mol. The molecule has 30 heavy (non-hydrogen) atoms. The fourth-order valence-electron chi connectivity index (χ4n) is 4.41. The summed E-state index contributed by atoms with van der Waals surface area (Å²) in [4.78, 5) is 11.3. The van der Waals surface area contributed by atoms with E-state index in [0.717, 1.165) is 36.4 Å². The lowest BCUT2D eigenvalue weighted by atomic mass is 9.87. The van der Waals surface area contributed by atoms with E-state index in [0.29, 0.717) is 30.9 Å². The van der Waals surface area contributed by atoms with Crippen molar-refractivity contribution in [1.82, 2.24) is 25.1 Å². The number of benzene rings is 1. The quantitative estimate of drug-likeness (QED) is 0.712. The van der Waals surface area contributed by atoms with Gasteiger partial charge in [-0.1, -0.05) is 0 Å². The molecule has 5 rings (SSSR count). The first-order valence-corrected chi connectivity index (χ1v) is 10.5. The van der Waals surface area contributed by atoms with E-state index in [2.05, 4.69) is 44.3 Å². The zero-order valence-corrected chi connectivity index (χ0v) is 17.5. The summed E-state index contributed by atoms with van der Waals surface area (Å²) in [5.41, 5.74) is 3.81. The molecule has 1 radical (unpaired) electrons. The Morgan fingerprint density at radius 1 is 1.13 bits per heavy atom. The Morgan fingerprint density at radius 3 is 2.73 bits per heavy atom. The number of hydrogen-bond donors (Lipinski definition) is 1. The van der Waals surface area contributed by atoms with Gasteiger partial charge in [0.05, 0.1) is 25.4 Å². The minimum absolute atomic E-state index is 0.336. The molecule has 2 saturated heterocycles. The smallest absolute Gasteiger partial charge is 0.320 e. The molecule has 2 aromatic heterocycles. The van der Waals surface area contributed by atoms with Crippen LogP contribution in [0.1, 0.15) is 29.9 Å². The number of rotatable bonds is 4. The molecule has 1 N–H and O–H groups in total. The van der Waals surface area contributed by atoms with Gasteiger partial charge in [-0.05, 0) is 62.0 Å². The molecule has 2 fully saturated rings. The van der Waals surface area contributed by atoms with E-state index in [-0.39, 0.29) is 0 Å². The standard InChI is InChI=1S/C22H27N6O2/c1-15-11-17-14-24-28(19(17)12-18(15)16-3-5-23-6-4-16)21-13-20(25-22(26-21)29-2)27-7-9-30-10-8-27/h9,11-14,16,23H,3-8,10H2,1-2H3. The van der Waals surface area contributed by atoms with Crippen LogP contribution in [0.3, 0.4) is 0 Å². The average Bonchev–Trinajstić information content (AvgIpc) is 3.22. The monoisotopic (exact) mass is 407 g/mol. The lowest BCUT2D eigenvalue weighted by Gasteiger charge is -2.27. The Bertz CT molecular complexity index is 1040. The Labute approximate surface area is 176 Å². The predicted octanol–water partition coefficient (Wildman–Crippen LogP) is 2.60. The van der Waals surface area contributed by atoms with E-state index in [9.17, 15) is 0 Å². The second-order valence-corrected chi connectivity index (χ2v) is 7.90. The van der Waals surface area contributed by atoms with Crippen LogP contribution in [-0.4, -0.2) is 59.6 Å². The summed E-state index contributed by atoms with van der Waals surface area (Å²) in [7, 11) is 1.59. The van der Waals surface area contributed by atoms with Crippen LogP contribution in [0.5, 0.6) is 6.01 Å². The number of ether oxygens (including phenoxy) is 2. The molecule has 1 aromatic carbocycles. The van der Waals surface area contributed by atoms with Gasteiger partial charge in [0, 0.05) is 24.5 Å². The van der Waals surface area contributed by atoms with Crippen LogP contribution in [0.15, 0.2) is 24.4 Å². The molecule has 2 aliphatic rings. The number of piperidine rings is 1. The number of fused-ring (bicyclic) bond motifs is 1. The molecule has 4 heterocycles. The maximum atomic E-state index is 5.40.